The number of hydrogen-bond donors (Lipinski definition) is 2. The SMILES string of the molecule is Cc1nc(C)c(C(=O)O)c(-c2cccc(Br)c2)c1C(=O)O. The largest absolute Gasteiger partial charge is 0.478 e. The molecule has 2 N–H and O–H groups in total. The number of carboxylic acids is 2. The number of carboxylic acid groups (broad SMARTS) is 2. The van der Waals surface area contributed by atoms with E-state index in [0.717, 1.165) is 4.47 Å². The Bertz CT molecular complexity index is 717. The topological polar surface area (TPSA) is 87.5 Å². The van der Waals surface area contributed by atoms with Gasteiger partial charge in [0.15, 0.2) is 0 Å². The number of rotatable bonds is 3. The van der Waals surface area contributed by atoms with Gasteiger partial charge in [0.2, 0.25) is 0 Å². The molecule has 1 heterocycles. The molecule has 0 saturated heterocycles. The summed E-state index contributed by atoms with van der Waals surface area (Å²) in [6, 6.07) is 6.87. The van der Waals surface area contributed by atoms with Gasteiger partial charge in [0.05, 0.1) is 22.5 Å². The minimum absolute atomic E-state index is 0.0869. The highest BCUT2D eigenvalue weighted by molar-refractivity contribution is 9.10. The quantitative estimate of drug-likeness (QED) is 0.884. The van der Waals surface area contributed by atoms with Gasteiger partial charge in [-0.2, -0.15) is 0 Å². The molecule has 6 heteroatoms. The fourth-order valence-corrected chi connectivity index (χ4v) is 2.71. The van der Waals surface area contributed by atoms with Crippen LogP contribution >= 0.6 is 15.9 Å². The van der Waals surface area contributed by atoms with E-state index in [4.69, 9.17) is 0 Å². The second-order valence-electron chi connectivity index (χ2n) is 4.53. The van der Waals surface area contributed by atoms with Crippen LogP contribution in [0.15, 0.2) is 28.7 Å². The molecule has 0 spiro atoms. The summed E-state index contributed by atoms with van der Waals surface area (Å²) in [7, 11) is 0. The van der Waals surface area contributed by atoms with Crippen LogP contribution in [0.1, 0.15) is 32.1 Å². The zero-order valence-electron chi connectivity index (χ0n) is 11.3. The Morgan fingerprint density at radius 2 is 1.57 bits per heavy atom. The molecule has 0 aliphatic rings. The van der Waals surface area contributed by atoms with Crippen LogP contribution in [0, 0.1) is 13.8 Å². The smallest absolute Gasteiger partial charge is 0.338 e. The van der Waals surface area contributed by atoms with Gasteiger partial charge in [-0.25, -0.2) is 9.59 Å². The van der Waals surface area contributed by atoms with Gasteiger partial charge in [-0.15, -0.1) is 0 Å². The minimum Gasteiger partial charge on any atom is -0.478 e. The Kier molecular flexibility index (Phi) is 4.09. The van der Waals surface area contributed by atoms with Gasteiger partial charge < -0.3 is 10.2 Å². The predicted octanol–water partition coefficient (Wildman–Crippen LogP) is 3.52. The first-order valence-corrected chi connectivity index (χ1v) is 6.86. The average Bonchev–Trinajstić information content (AvgIpc) is 2.36. The summed E-state index contributed by atoms with van der Waals surface area (Å²) in [5.41, 5.74) is 1.11. The summed E-state index contributed by atoms with van der Waals surface area (Å²) in [6.45, 7) is 3.12. The van der Waals surface area contributed by atoms with E-state index >= 15 is 0 Å². The lowest BCUT2D eigenvalue weighted by molar-refractivity contribution is 0.0695. The molecule has 21 heavy (non-hydrogen) atoms. The number of pyridine rings is 1. The maximum Gasteiger partial charge on any atom is 0.338 e. The highest BCUT2D eigenvalue weighted by Gasteiger charge is 2.25. The van der Waals surface area contributed by atoms with E-state index in [9.17, 15) is 19.8 Å². The molecule has 0 saturated carbocycles. The van der Waals surface area contributed by atoms with Crippen LogP contribution in [0.25, 0.3) is 11.1 Å². The van der Waals surface area contributed by atoms with E-state index < -0.39 is 11.9 Å². The molecule has 0 bridgehead atoms. The molecule has 1 aromatic carbocycles. The fraction of sp³-hybridized carbons (Fsp3) is 0.133. The second-order valence-corrected chi connectivity index (χ2v) is 5.44. The normalized spacial score (nSPS) is 10.4. The third-order valence-corrected chi connectivity index (χ3v) is 3.59. The Labute approximate surface area is 129 Å². The lowest BCUT2D eigenvalue weighted by atomic mass is 9.92. The highest BCUT2D eigenvalue weighted by Crippen LogP contribution is 2.32. The number of aromatic carboxylic acids is 2. The van der Waals surface area contributed by atoms with Crippen molar-refractivity contribution in [3.8, 4) is 11.1 Å². The summed E-state index contributed by atoms with van der Waals surface area (Å²) in [5, 5.41) is 18.9. The van der Waals surface area contributed by atoms with Crippen LogP contribution in [-0.4, -0.2) is 27.1 Å². The number of nitrogens with zero attached hydrogens (tertiary/aromatic N) is 1. The molecule has 0 radical (unpaired) electrons. The first-order chi connectivity index (χ1) is 9.82. The molecule has 0 aliphatic heterocycles. The van der Waals surface area contributed by atoms with E-state index in [1.54, 1.807) is 38.1 Å². The van der Waals surface area contributed by atoms with Crippen molar-refractivity contribution in [1.82, 2.24) is 4.98 Å². The summed E-state index contributed by atoms with van der Waals surface area (Å²) < 4.78 is 0.736. The maximum absolute atomic E-state index is 11.5. The predicted molar refractivity (Wildman–Crippen MR) is 80.8 cm³/mol. The van der Waals surface area contributed by atoms with Crippen molar-refractivity contribution in [2.24, 2.45) is 0 Å². The molecule has 2 aromatic rings. The third kappa shape index (κ3) is 2.80. The second kappa shape index (κ2) is 5.65. The van der Waals surface area contributed by atoms with Crippen molar-refractivity contribution < 1.29 is 19.8 Å². The minimum atomic E-state index is -1.20. The molecule has 0 aliphatic carbocycles. The summed E-state index contributed by atoms with van der Waals surface area (Å²) in [5.74, 6) is -2.39. The molecular formula is C15H12BrNO4. The fourth-order valence-electron chi connectivity index (χ4n) is 2.31. The van der Waals surface area contributed by atoms with E-state index in [0.29, 0.717) is 17.0 Å². The molecular weight excluding hydrogens is 338 g/mol. The van der Waals surface area contributed by atoms with Crippen molar-refractivity contribution in [1.29, 1.82) is 0 Å². The Morgan fingerprint density at radius 1 is 1.05 bits per heavy atom. The van der Waals surface area contributed by atoms with Crippen molar-refractivity contribution in [2.75, 3.05) is 0 Å². The van der Waals surface area contributed by atoms with Gasteiger partial charge in [-0.1, -0.05) is 28.1 Å². The first-order valence-electron chi connectivity index (χ1n) is 6.06. The molecule has 1 aromatic heterocycles. The zero-order chi connectivity index (χ0) is 15.7. The standard InChI is InChI=1S/C15H12BrNO4/c1-7-11(14(18)19)13(9-4-3-5-10(16)6-9)12(15(20)21)8(2)17-7/h3-6H,1-2H3,(H,18,19)(H,20,21). The van der Waals surface area contributed by atoms with E-state index in [-0.39, 0.29) is 16.7 Å². The van der Waals surface area contributed by atoms with Crippen LogP contribution in [0.2, 0.25) is 0 Å². The molecule has 0 unspecified atom stereocenters. The first kappa shape index (κ1) is 15.2. The van der Waals surface area contributed by atoms with E-state index in [1.807, 2.05) is 0 Å². The number of carbonyl (C=O) groups is 2. The summed E-state index contributed by atoms with van der Waals surface area (Å²) in [6.07, 6.45) is 0. The number of hydrogen-bond acceptors (Lipinski definition) is 3. The molecule has 2 rings (SSSR count). The van der Waals surface area contributed by atoms with Crippen LogP contribution in [0.3, 0.4) is 0 Å². The Hall–Kier alpha value is -2.21. The molecule has 0 fully saturated rings. The monoisotopic (exact) mass is 349 g/mol. The number of benzene rings is 1. The summed E-state index contributed by atoms with van der Waals surface area (Å²) >= 11 is 3.31. The maximum atomic E-state index is 11.5. The lowest BCUT2D eigenvalue weighted by Crippen LogP contribution is -2.13. The van der Waals surface area contributed by atoms with E-state index in [2.05, 4.69) is 20.9 Å². The third-order valence-electron chi connectivity index (χ3n) is 3.10. The van der Waals surface area contributed by atoms with Crippen molar-refractivity contribution >= 4 is 27.9 Å². The summed E-state index contributed by atoms with van der Waals surface area (Å²) in [4.78, 5) is 27.1. The van der Waals surface area contributed by atoms with Crippen LogP contribution in [-0.2, 0) is 0 Å². The molecule has 108 valence electrons. The van der Waals surface area contributed by atoms with Crippen molar-refractivity contribution in [2.45, 2.75) is 13.8 Å². The van der Waals surface area contributed by atoms with Crippen LogP contribution in [0.5, 0.6) is 0 Å². The van der Waals surface area contributed by atoms with Gasteiger partial charge in [0.25, 0.3) is 0 Å². The van der Waals surface area contributed by atoms with Crippen LogP contribution in [0.4, 0.5) is 0 Å². The van der Waals surface area contributed by atoms with Crippen molar-refractivity contribution in [3.63, 3.8) is 0 Å². The number of aryl methyl sites for hydroxylation is 2. The average molecular weight is 350 g/mol. The van der Waals surface area contributed by atoms with Gasteiger partial charge in [0, 0.05) is 10.0 Å². The van der Waals surface area contributed by atoms with Crippen molar-refractivity contribution in [3.05, 3.63) is 51.3 Å². The lowest BCUT2D eigenvalue weighted by Gasteiger charge is -2.15. The zero-order valence-corrected chi connectivity index (χ0v) is 12.9. The van der Waals surface area contributed by atoms with Crippen LogP contribution < -0.4 is 0 Å². The molecule has 0 amide bonds. The number of halogens is 1. The molecule has 0 atom stereocenters. The number of aromatic nitrogens is 1. The Morgan fingerprint density at radius 3 is 2.00 bits per heavy atom. The van der Waals surface area contributed by atoms with Gasteiger partial charge in [-0.05, 0) is 31.5 Å². The molecule has 5 nitrogen and oxygen atoms in total. The Balaban J connectivity index is 2.95. The van der Waals surface area contributed by atoms with Gasteiger partial charge >= 0.3 is 11.9 Å². The van der Waals surface area contributed by atoms with E-state index in [1.165, 1.54) is 0 Å². The highest BCUT2D eigenvalue weighted by atomic mass is 79.9. The van der Waals surface area contributed by atoms with Gasteiger partial charge in [0.1, 0.15) is 0 Å². The van der Waals surface area contributed by atoms with Gasteiger partial charge in [-0.3, -0.25) is 4.98 Å².